The molecule has 4 heteroatoms. The van der Waals surface area contributed by atoms with E-state index in [0.29, 0.717) is 11.8 Å². The molecule has 1 saturated heterocycles. The fraction of sp³-hybridized carbons (Fsp3) is 0.917. The van der Waals surface area contributed by atoms with E-state index in [9.17, 15) is 4.79 Å². The van der Waals surface area contributed by atoms with Crippen molar-refractivity contribution in [3.63, 3.8) is 0 Å². The minimum Gasteiger partial charge on any atom is -0.322 e. The van der Waals surface area contributed by atoms with Gasteiger partial charge in [-0.1, -0.05) is 26.7 Å². The van der Waals surface area contributed by atoms with Crippen molar-refractivity contribution in [1.29, 1.82) is 0 Å². The first kappa shape index (κ1) is 13.3. The molecule has 0 saturated carbocycles. The molecular weight excluding hydrogens is 204 g/mol. The fourth-order valence-electron chi connectivity index (χ4n) is 2.34. The van der Waals surface area contributed by atoms with Gasteiger partial charge in [0.1, 0.15) is 0 Å². The summed E-state index contributed by atoms with van der Waals surface area (Å²) in [6.45, 7) is 6.15. The Balaban J connectivity index is 2.61. The number of rotatable bonds is 3. The van der Waals surface area contributed by atoms with Gasteiger partial charge in [-0.05, 0) is 18.3 Å². The van der Waals surface area contributed by atoms with Crippen molar-refractivity contribution in [1.82, 2.24) is 9.96 Å². The van der Waals surface area contributed by atoms with E-state index in [-0.39, 0.29) is 6.03 Å². The first-order valence-corrected chi connectivity index (χ1v) is 6.19. The van der Waals surface area contributed by atoms with Crippen LogP contribution in [0.5, 0.6) is 0 Å². The Kier molecular flexibility index (Phi) is 5.06. The monoisotopic (exact) mass is 228 g/mol. The Labute approximate surface area is 98.5 Å². The van der Waals surface area contributed by atoms with Gasteiger partial charge in [0.25, 0.3) is 0 Å². The van der Waals surface area contributed by atoms with E-state index < -0.39 is 0 Å². The van der Waals surface area contributed by atoms with E-state index in [4.69, 9.17) is 4.84 Å². The molecule has 2 unspecified atom stereocenters. The Hall–Kier alpha value is -0.770. The van der Waals surface area contributed by atoms with Gasteiger partial charge in [0.15, 0.2) is 0 Å². The minimum atomic E-state index is -0.0147. The number of carbonyl (C=O) groups is 1. The maximum atomic E-state index is 12.0. The summed E-state index contributed by atoms with van der Waals surface area (Å²) in [5, 5.41) is 1.31. The third-order valence-corrected chi connectivity index (χ3v) is 3.59. The second-order valence-electron chi connectivity index (χ2n) is 4.65. The second-order valence-corrected chi connectivity index (χ2v) is 4.65. The number of piperidine rings is 1. The van der Waals surface area contributed by atoms with Gasteiger partial charge in [-0.2, -0.15) is 0 Å². The van der Waals surface area contributed by atoms with E-state index in [0.717, 1.165) is 25.9 Å². The highest BCUT2D eigenvalue weighted by molar-refractivity contribution is 5.73. The standard InChI is InChI=1S/C12H24N2O2/c1-5-10-7-11(6-2)9-14(8-10)12(15)13(3)16-4/h10-11H,5-9H2,1-4H3. The van der Waals surface area contributed by atoms with Crippen molar-refractivity contribution in [2.75, 3.05) is 27.2 Å². The molecule has 0 aromatic heterocycles. The Bertz CT molecular complexity index is 221. The van der Waals surface area contributed by atoms with Crippen LogP contribution < -0.4 is 0 Å². The van der Waals surface area contributed by atoms with Crippen molar-refractivity contribution in [3.05, 3.63) is 0 Å². The Morgan fingerprint density at radius 3 is 2.19 bits per heavy atom. The molecule has 0 N–H and O–H groups in total. The molecule has 1 aliphatic heterocycles. The van der Waals surface area contributed by atoms with Gasteiger partial charge < -0.3 is 4.90 Å². The molecule has 0 aromatic rings. The maximum absolute atomic E-state index is 12.0. The van der Waals surface area contributed by atoms with Crippen molar-refractivity contribution in [2.45, 2.75) is 33.1 Å². The number of carbonyl (C=O) groups excluding carboxylic acids is 1. The SMILES string of the molecule is CCC1CC(CC)CN(C(=O)N(C)OC)C1. The van der Waals surface area contributed by atoms with E-state index in [1.807, 2.05) is 4.90 Å². The van der Waals surface area contributed by atoms with E-state index in [1.54, 1.807) is 7.05 Å². The zero-order valence-corrected chi connectivity index (χ0v) is 10.9. The van der Waals surface area contributed by atoms with E-state index in [2.05, 4.69) is 13.8 Å². The first-order chi connectivity index (χ1) is 7.62. The molecule has 0 radical (unpaired) electrons. The van der Waals surface area contributed by atoms with Crippen LogP contribution in [0.25, 0.3) is 0 Å². The molecule has 1 fully saturated rings. The molecule has 2 atom stereocenters. The van der Waals surface area contributed by atoms with Crippen LogP contribution in [0, 0.1) is 11.8 Å². The molecule has 1 rings (SSSR count). The molecule has 1 aliphatic rings. The van der Waals surface area contributed by atoms with Crippen molar-refractivity contribution < 1.29 is 9.63 Å². The number of likely N-dealkylation sites (tertiary alicyclic amines) is 1. The van der Waals surface area contributed by atoms with Crippen LogP contribution in [-0.2, 0) is 4.84 Å². The molecule has 2 amide bonds. The number of amides is 2. The number of hydroxylamine groups is 2. The summed E-state index contributed by atoms with van der Waals surface area (Å²) in [6.07, 6.45) is 3.56. The quantitative estimate of drug-likeness (QED) is 0.695. The average Bonchev–Trinajstić information content (AvgIpc) is 2.35. The molecule has 0 bridgehead atoms. The third-order valence-electron chi connectivity index (χ3n) is 3.59. The topological polar surface area (TPSA) is 32.8 Å². The van der Waals surface area contributed by atoms with Crippen LogP contribution in [0.4, 0.5) is 4.79 Å². The molecule has 0 aliphatic carbocycles. The molecule has 16 heavy (non-hydrogen) atoms. The highest BCUT2D eigenvalue weighted by Gasteiger charge is 2.29. The van der Waals surface area contributed by atoms with Crippen molar-refractivity contribution in [3.8, 4) is 0 Å². The van der Waals surface area contributed by atoms with Gasteiger partial charge in [-0.25, -0.2) is 9.86 Å². The lowest BCUT2D eigenvalue weighted by atomic mass is 9.86. The Morgan fingerprint density at radius 1 is 1.31 bits per heavy atom. The van der Waals surface area contributed by atoms with Crippen LogP contribution in [0.1, 0.15) is 33.1 Å². The third kappa shape index (κ3) is 3.11. The predicted molar refractivity (Wildman–Crippen MR) is 63.9 cm³/mol. The van der Waals surface area contributed by atoms with Crippen LogP contribution in [0.2, 0.25) is 0 Å². The highest BCUT2D eigenvalue weighted by atomic mass is 16.7. The summed E-state index contributed by atoms with van der Waals surface area (Å²) >= 11 is 0. The molecule has 0 aromatic carbocycles. The summed E-state index contributed by atoms with van der Waals surface area (Å²) in [6, 6.07) is -0.0147. The van der Waals surface area contributed by atoms with Crippen LogP contribution in [-0.4, -0.2) is 43.2 Å². The van der Waals surface area contributed by atoms with Gasteiger partial charge in [-0.3, -0.25) is 4.84 Å². The molecule has 94 valence electrons. The van der Waals surface area contributed by atoms with Crippen LogP contribution in [0.15, 0.2) is 0 Å². The van der Waals surface area contributed by atoms with E-state index in [1.165, 1.54) is 18.6 Å². The van der Waals surface area contributed by atoms with Gasteiger partial charge >= 0.3 is 6.03 Å². The van der Waals surface area contributed by atoms with Gasteiger partial charge in [0, 0.05) is 20.1 Å². The number of hydrogen-bond acceptors (Lipinski definition) is 2. The smallest absolute Gasteiger partial charge is 0.322 e. The van der Waals surface area contributed by atoms with Gasteiger partial charge in [0.05, 0.1) is 7.11 Å². The lowest BCUT2D eigenvalue weighted by Crippen LogP contribution is -2.48. The van der Waals surface area contributed by atoms with Crippen LogP contribution in [0.3, 0.4) is 0 Å². The first-order valence-electron chi connectivity index (χ1n) is 6.19. The van der Waals surface area contributed by atoms with Crippen LogP contribution >= 0.6 is 0 Å². The number of urea groups is 1. The van der Waals surface area contributed by atoms with E-state index >= 15 is 0 Å². The zero-order valence-electron chi connectivity index (χ0n) is 10.9. The summed E-state index contributed by atoms with van der Waals surface area (Å²) in [5.74, 6) is 1.29. The Morgan fingerprint density at radius 2 is 1.81 bits per heavy atom. The number of hydrogen-bond donors (Lipinski definition) is 0. The van der Waals surface area contributed by atoms with Gasteiger partial charge in [-0.15, -0.1) is 0 Å². The fourth-order valence-corrected chi connectivity index (χ4v) is 2.34. The van der Waals surface area contributed by atoms with Gasteiger partial charge in [0.2, 0.25) is 0 Å². The molecule has 0 spiro atoms. The zero-order chi connectivity index (χ0) is 12.1. The van der Waals surface area contributed by atoms with Crippen molar-refractivity contribution in [2.24, 2.45) is 11.8 Å². The number of nitrogens with zero attached hydrogens (tertiary/aromatic N) is 2. The molecular formula is C12H24N2O2. The maximum Gasteiger partial charge on any atom is 0.343 e. The lowest BCUT2D eigenvalue weighted by Gasteiger charge is -2.38. The largest absolute Gasteiger partial charge is 0.343 e. The average molecular weight is 228 g/mol. The predicted octanol–water partition coefficient (Wildman–Crippen LogP) is 2.36. The second kappa shape index (κ2) is 6.09. The summed E-state index contributed by atoms with van der Waals surface area (Å²) in [4.78, 5) is 18.8. The van der Waals surface area contributed by atoms with Crippen molar-refractivity contribution >= 4 is 6.03 Å². The molecule has 4 nitrogen and oxygen atoms in total. The molecule has 1 heterocycles. The summed E-state index contributed by atoms with van der Waals surface area (Å²) in [7, 11) is 3.19. The summed E-state index contributed by atoms with van der Waals surface area (Å²) in [5.41, 5.74) is 0. The summed E-state index contributed by atoms with van der Waals surface area (Å²) < 4.78 is 0. The highest BCUT2D eigenvalue weighted by Crippen LogP contribution is 2.26. The normalized spacial score (nSPS) is 25.6. The lowest BCUT2D eigenvalue weighted by molar-refractivity contribution is -0.0801. The minimum absolute atomic E-state index is 0.0147.